The lowest BCUT2D eigenvalue weighted by Crippen LogP contribution is -2.45. The quantitative estimate of drug-likeness (QED) is 0.841. The van der Waals surface area contributed by atoms with Crippen LogP contribution in [-0.4, -0.2) is 11.9 Å². The van der Waals surface area contributed by atoms with Crippen molar-refractivity contribution < 1.29 is 4.79 Å². The van der Waals surface area contributed by atoms with Crippen LogP contribution in [0.4, 0.5) is 0 Å². The maximum Gasteiger partial charge on any atom is 0.237 e. The van der Waals surface area contributed by atoms with E-state index in [1.54, 1.807) is 0 Å². The van der Waals surface area contributed by atoms with Gasteiger partial charge in [0.05, 0.1) is 12.1 Å². The van der Waals surface area contributed by atoms with E-state index in [-0.39, 0.29) is 17.9 Å². The lowest BCUT2D eigenvalue weighted by molar-refractivity contribution is -0.124. The molecule has 3 atom stereocenters. The van der Waals surface area contributed by atoms with Crippen LogP contribution in [0.1, 0.15) is 44.4 Å². The van der Waals surface area contributed by atoms with Gasteiger partial charge in [0, 0.05) is 0 Å². The van der Waals surface area contributed by atoms with Crippen molar-refractivity contribution in [2.45, 2.75) is 46.2 Å². The van der Waals surface area contributed by atoms with Crippen molar-refractivity contribution in [1.29, 1.82) is 0 Å². The van der Waals surface area contributed by atoms with Gasteiger partial charge in [0.2, 0.25) is 5.91 Å². The van der Waals surface area contributed by atoms with Gasteiger partial charge in [-0.25, -0.2) is 0 Å². The van der Waals surface area contributed by atoms with Crippen LogP contribution >= 0.6 is 0 Å². The lowest BCUT2D eigenvalue weighted by atomic mass is 9.98. The molecule has 0 saturated carbocycles. The normalized spacial score (nSPS) is 15.8. The van der Waals surface area contributed by atoms with Gasteiger partial charge in [-0.15, -0.1) is 0 Å². The van der Waals surface area contributed by atoms with Crippen molar-refractivity contribution in [3.63, 3.8) is 0 Å². The zero-order valence-corrected chi connectivity index (χ0v) is 11.7. The summed E-state index contributed by atoms with van der Waals surface area (Å²) < 4.78 is 0. The van der Waals surface area contributed by atoms with Gasteiger partial charge in [0.1, 0.15) is 0 Å². The van der Waals surface area contributed by atoms with E-state index in [4.69, 9.17) is 5.73 Å². The van der Waals surface area contributed by atoms with E-state index >= 15 is 0 Å². The number of nitrogens with one attached hydrogen (secondary N) is 1. The highest BCUT2D eigenvalue weighted by molar-refractivity contribution is 5.82. The number of aryl methyl sites for hydroxylation is 1. The molecule has 0 heterocycles. The SMILES string of the molecule is CC[C@H](C)[C@H](N)C(=O)N[C@H](C)c1ccc(C)cc1. The molecule has 0 aromatic heterocycles. The van der Waals surface area contributed by atoms with Gasteiger partial charge in [-0.05, 0) is 25.3 Å². The fraction of sp³-hybridized carbons (Fsp3) is 0.533. The number of nitrogens with two attached hydrogens (primary N) is 1. The molecule has 0 unspecified atom stereocenters. The van der Waals surface area contributed by atoms with Crippen molar-refractivity contribution in [2.24, 2.45) is 11.7 Å². The van der Waals surface area contributed by atoms with Crippen molar-refractivity contribution in [3.8, 4) is 0 Å². The highest BCUT2D eigenvalue weighted by Gasteiger charge is 2.20. The van der Waals surface area contributed by atoms with E-state index < -0.39 is 6.04 Å². The van der Waals surface area contributed by atoms with E-state index in [9.17, 15) is 4.79 Å². The van der Waals surface area contributed by atoms with Crippen LogP contribution in [0.3, 0.4) is 0 Å². The Kier molecular flexibility index (Phi) is 5.35. The van der Waals surface area contributed by atoms with Crippen molar-refractivity contribution in [2.75, 3.05) is 0 Å². The average molecular weight is 248 g/mol. The van der Waals surface area contributed by atoms with Crippen LogP contribution in [0.2, 0.25) is 0 Å². The van der Waals surface area contributed by atoms with Crippen molar-refractivity contribution in [1.82, 2.24) is 5.32 Å². The minimum absolute atomic E-state index is 0.00629. The summed E-state index contributed by atoms with van der Waals surface area (Å²) in [5, 5.41) is 2.97. The predicted octanol–water partition coefficient (Wildman–Crippen LogP) is 2.55. The molecule has 3 heteroatoms. The Morgan fingerprint density at radius 3 is 2.33 bits per heavy atom. The maximum atomic E-state index is 12.0. The van der Waals surface area contributed by atoms with Gasteiger partial charge in [0.15, 0.2) is 0 Å². The molecule has 1 aromatic rings. The molecule has 1 amide bonds. The fourth-order valence-electron chi connectivity index (χ4n) is 1.76. The maximum absolute atomic E-state index is 12.0. The Hall–Kier alpha value is -1.35. The smallest absolute Gasteiger partial charge is 0.237 e. The first kappa shape index (κ1) is 14.7. The number of hydrogen-bond acceptors (Lipinski definition) is 2. The summed E-state index contributed by atoms with van der Waals surface area (Å²) >= 11 is 0. The number of hydrogen-bond donors (Lipinski definition) is 2. The highest BCUT2D eigenvalue weighted by atomic mass is 16.2. The Morgan fingerprint density at radius 2 is 1.83 bits per heavy atom. The molecule has 0 aliphatic rings. The van der Waals surface area contributed by atoms with E-state index in [2.05, 4.69) is 5.32 Å². The zero-order valence-electron chi connectivity index (χ0n) is 11.7. The molecule has 3 N–H and O–H groups in total. The molecular formula is C15H24N2O. The van der Waals surface area contributed by atoms with Crippen molar-refractivity contribution >= 4 is 5.91 Å². The largest absolute Gasteiger partial charge is 0.348 e. The van der Waals surface area contributed by atoms with Gasteiger partial charge >= 0.3 is 0 Å². The van der Waals surface area contributed by atoms with Gasteiger partial charge in [-0.2, -0.15) is 0 Å². The van der Waals surface area contributed by atoms with E-state index in [1.165, 1.54) is 5.56 Å². The first-order chi connectivity index (χ1) is 8.45. The molecule has 0 saturated heterocycles. The van der Waals surface area contributed by atoms with E-state index in [0.29, 0.717) is 0 Å². The van der Waals surface area contributed by atoms with Crippen molar-refractivity contribution in [3.05, 3.63) is 35.4 Å². The fourth-order valence-corrected chi connectivity index (χ4v) is 1.76. The van der Waals surface area contributed by atoms with Crippen LogP contribution < -0.4 is 11.1 Å². The second-order valence-electron chi connectivity index (χ2n) is 5.05. The third-order valence-corrected chi connectivity index (χ3v) is 3.50. The summed E-state index contributed by atoms with van der Waals surface area (Å²) in [6.07, 6.45) is 0.910. The van der Waals surface area contributed by atoms with Crippen LogP contribution in [-0.2, 0) is 4.79 Å². The molecule has 0 bridgehead atoms. The molecule has 1 rings (SSSR count). The highest BCUT2D eigenvalue weighted by Crippen LogP contribution is 2.14. The summed E-state index contributed by atoms with van der Waals surface area (Å²) in [6.45, 7) is 8.07. The second kappa shape index (κ2) is 6.55. The number of amides is 1. The summed E-state index contributed by atoms with van der Waals surface area (Å²) in [5.74, 6) is 0.132. The van der Waals surface area contributed by atoms with Gasteiger partial charge in [0.25, 0.3) is 0 Å². The van der Waals surface area contributed by atoms with Crippen LogP contribution in [0.15, 0.2) is 24.3 Å². The molecule has 0 spiro atoms. The zero-order chi connectivity index (χ0) is 13.7. The molecule has 18 heavy (non-hydrogen) atoms. The third kappa shape index (κ3) is 3.84. The number of carbonyl (C=O) groups is 1. The minimum Gasteiger partial charge on any atom is -0.348 e. The van der Waals surface area contributed by atoms with Crippen LogP contribution in [0, 0.1) is 12.8 Å². The molecule has 3 nitrogen and oxygen atoms in total. The number of benzene rings is 1. The lowest BCUT2D eigenvalue weighted by Gasteiger charge is -2.21. The monoisotopic (exact) mass is 248 g/mol. The molecule has 0 aliphatic carbocycles. The van der Waals surface area contributed by atoms with E-state index in [1.807, 2.05) is 52.0 Å². The summed E-state index contributed by atoms with van der Waals surface area (Å²) in [4.78, 5) is 12.0. The topological polar surface area (TPSA) is 55.1 Å². The third-order valence-electron chi connectivity index (χ3n) is 3.50. The molecular weight excluding hydrogens is 224 g/mol. The Bertz CT molecular complexity index is 386. The van der Waals surface area contributed by atoms with Gasteiger partial charge in [-0.3, -0.25) is 4.79 Å². The Balaban J connectivity index is 2.61. The van der Waals surface area contributed by atoms with Crippen LogP contribution in [0.25, 0.3) is 0 Å². The molecule has 0 fully saturated rings. The molecule has 1 aromatic carbocycles. The number of rotatable bonds is 5. The average Bonchev–Trinajstić information content (AvgIpc) is 2.37. The summed E-state index contributed by atoms with van der Waals surface area (Å²) in [7, 11) is 0. The minimum atomic E-state index is -0.428. The van der Waals surface area contributed by atoms with Gasteiger partial charge in [-0.1, -0.05) is 50.1 Å². The standard InChI is InChI=1S/C15H24N2O/c1-5-11(3)14(16)15(18)17-12(4)13-8-6-10(2)7-9-13/h6-9,11-12,14H,5,16H2,1-4H3,(H,17,18)/t11-,12+,14-/m0/s1. The Labute approximate surface area is 110 Å². The molecule has 100 valence electrons. The first-order valence-electron chi connectivity index (χ1n) is 6.58. The molecule has 0 radical (unpaired) electrons. The number of carbonyl (C=O) groups excluding carboxylic acids is 1. The first-order valence-corrected chi connectivity index (χ1v) is 6.58. The molecule has 0 aliphatic heterocycles. The van der Waals surface area contributed by atoms with E-state index in [0.717, 1.165) is 12.0 Å². The van der Waals surface area contributed by atoms with Crippen LogP contribution in [0.5, 0.6) is 0 Å². The van der Waals surface area contributed by atoms with Gasteiger partial charge < -0.3 is 11.1 Å². The second-order valence-corrected chi connectivity index (χ2v) is 5.05. The Morgan fingerprint density at radius 1 is 1.28 bits per heavy atom. The predicted molar refractivity (Wildman–Crippen MR) is 75.2 cm³/mol. The summed E-state index contributed by atoms with van der Waals surface area (Å²) in [6, 6.07) is 7.74. The summed E-state index contributed by atoms with van der Waals surface area (Å²) in [5.41, 5.74) is 8.23.